The number of nitrogens with zero attached hydrogens (tertiary/aromatic N) is 1. The van der Waals surface area contributed by atoms with Gasteiger partial charge in [-0.2, -0.15) is 0 Å². The molecule has 0 radical (unpaired) electrons. The highest BCUT2D eigenvalue weighted by Gasteiger charge is 2.16. The predicted octanol–water partition coefficient (Wildman–Crippen LogP) is 3.44. The molecule has 0 saturated carbocycles. The first-order valence-corrected chi connectivity index (χ1v) is 7.69. The van der Waals surface area contributed by atoms with Gasteiger partial charge in [0, 0.05) is 47.2 Å². The van der Waals surface area contributed by atoms with E-state index in [1.54, 1.807) is 0 Å². The second-order valence-electron chi connectivity index (χ2n) is 5.12. The average molecular weight is 272 g/mol. The molecule has 1 N–H and O–H groups in total. The van der Waals surface area contributed by atoms with Crippen molar-refractivity contribution in [2.75, 3.05) is 31.1 Å². The molecule has 2 nitrogen and oxygen atoms in total. The van der Waals surface area contributed by atoms with Crippen LogP contribution in [-0.4, -0.2) is 26.2 Å². The lowest BCUT2D eigenvalue weighted by molar-refractivity contribution is 0.589. The fraction of sp³-hybridized carbons (Fsp3) is 0.375. The Labute approximate surface area is 119 Å². The summed E-state index contributed by atoms with van der Waals surface area (Å²) >= 11 is 1.90. The minimum Gasteiger partial charge on any atom is -0.368 e. The van der Waals surface area contributed by atoms with E-state index in [1.165, 1.54) is 26.6 Å². The van der Waals surface area contributed by atoms with Crippen LogP contribution in [0, 0.1) is 13.8 Å². The van der Waals surface area contributed by atoms with Crippen molar-refractivity contribution in [3.05, 3.63) is 40.8 Å². The number of thiophene rings is 1. The molecule has 2 heterocycles. The van der Waals surface area contributed by atoms with E-state index in [9.17, 15) is 0 Å². The number of hydrogen-bond donors (Lipinski definition) is 1. The Hall–Kier alpha value is -1.32. The van der Waals surface area contributed by atoms with E-state index < -0.39 is 0 Å². The van der Waals surface area contributed by atoms with Crippen molar-refractivity contribution in [2.45, 2.75) is 13.8 Å². The molecule has 2 aromatic rings. The summed E-state index contributed by atoms with van der Waals surface area (Å²) in [5, 5.41) is 3.42. The third-order valence-electron chi connectivity index (χ3n) is 3.65. The van der Waals surface area contributed by atoms with Crippen molar-refractivity contribution in [1.82, 2.24) is 5.32 Å². The number of nitrogens with one attached hydrogen (secondary N) is 1. The molecule has 1 aliphatic heterocycles. The normalized spacial score (nSPS) is 15.8. The first-order valence-electron chi connectivity index (χ1n) is 6.88. The summed E-state index contributed by atoms with van der Waals surface area (Å²) in [6.45, 7) is 8.76. The SMILES string of the molecule is Cc1cc(C)c(-c2ccccc2N2CCNCC2)s1. The number of rotatable bonds is 2. The molecule has 1 saturated heterocycles. The molecule has 0 spiro atoms. The molecule has 0 unspecified atom stereocenters. The zero-order valence-electron chi connectivity index (χ0n) is 11.6. The van der Waals surface area contributed by atoms with Crippen LogP contribution in [0.2, 0.25) is 0 Å². The molecular weight excluding hydrogens is 252 g/mol. The Morgan fingerprint density at radius 3 is 2.53 bits per heavy atom. The molecule has 100 valence electrons. The van der Waals surface area contributed by atoms with Crippen LogP contribution in [0.5, 0.6) is 0 Å². The summed E-state index contributed by atoms with van der Waals surface area (Å²) in [7, 11) is 0. The van der Waals surface area contributed by atoms with Crippen LogP contribution >= 0.6 is 11.3 Å². The van der Waals surface area contributed by atoms with Crippen LogP contribution in [0.4, 0.5) is 5.69 Å². The maximum atomic E-state index is 3.42. The first kappa shape index (κ1) is 12.7. The third kappa shape index (κ3) is 2.53. The second kappa shape index (κ2) is 5.35. The summed E-state index contributed by atoms with van der Waals surface area (Å²) in [6, 6.07) is 11.1. The summed E-state index contributed by atoms with van der Waals surface area (Å²) in [4.78, 5) is 5.31. The molecule has 19 heavy (non-hydrogen) atoms. The van der Waals surface area contributed by atoms with Crippen LogP contribution < -0.4 is 10.2 Å². The second-order valence-corrected chi connectivity index (χ2v) is 6.38. The van der Waals surface area contributed by atoms with Crippen molar-refractivity contribution in [2.24, 2.45) is 0 Å². The van der Waals surface area contributed by atoms with Crippen LogP contribution in [0.15, 0.2) is 30.3 Å². The molecule has 0 bridgehead atoms. The molecule has 0 atom stereocenters. The summed E-state index contributed by atoms with van der Waals surface area (Å²) in [5.41, 5.74) is 4.17. The Bertz CT molecular complexity index is 568. The standard InChI is InChI=1S/C16H20N2S/c1-12-11-13(2)19-16(12)14-5-3-4-6-15(14)18-9-7-17-8-10-18/h3-6,11,17H,7-10H2,1-2H3. The number of benzene rings is 1. The molecule has 1 fully saturated rings. The summed E-state index contributed by atoms with van der Waals surface area (Å²) in [5.74, 6) is 0. The van der Waals surface area contributed by atoms with Gasteiger partial charge in [0.25, 0.3) is 0 Å². The quantitative estimate of drug-likeness (QED) is 0.901. The smallest absolute Gasteiger partial charge is 0.0455 e. The highest BCUT2D eigenvalue weighted by molar-refractivity contribution is 7.15. The molecule has 1 aliphatic rings. The minimum atomic E-state index is 1.08. The molecular formula is C16H20N2S. The fourth-order valence-corrected chi connectivity index (χ4v) is 3.82. The van der Waals surface area contributed by atoms with Gasteiger partial charge in [0.1, 0.15) is 0 Å². The van der Waals surface area contributed by atoms with Crippen molar-refractivity contribution < 1.29 is 0 Å². The van der Waals surface area contributed by atoms with Gasteiger partial charge >= 0.3 is 0 Å². The molecule has 0 aliphatic carbocycles. The molecule has 3 heteroatoms. The van der Waals surface area contributed by atoms with Crippen LogP contribution in [-0.2, 0) is 0 Å². The van der Waals surface area contributed by atoms with Gasteiger partial charge in [-0.05, 0) is 31.5 Å². The van der Waals surface area contributed by atoms with Crippen molar-refractivity contribution in [1.29, 1.82) is 0 Å². The van der Waals surface area contributed by atoms with Crippen molar-refractivity contribution >= 4 is 17.0 Å². The summed E-state index contributed by atoms with van der Waals surface area (Å²) < 4.78 is 0. The molecule has 0 amide bonds. The number of para-hydroxylation sites is 1. The van der Waals surface area contributed by atoms with Gasteiger partial charge in [0.15, 0.2) is 0 Å². The zero-order valence-corrected chi connectivity index (χ0v) is 12.4. The lowest BCUT2D eigenvalue weighted by Crippen LogP contribution is -2.43. The number of hydrogen-bond acceptors (Lipinski definition) is 3. The van der Waals surface area contributed by atoms with Gasteiger partial charge in [-0.3, -0.25) is 0 Å². The summed E-state index contributed by atoms with van der Waals surface area (Å²) in [6.07, 6.45) is 0. The van der Waals surface area contributed by atoms with E-state index >= 15 is 0 Å². The maximum absolute atomic E-state index is 3.42. The largest absolute Gasteiger partial charge is 0.368 e. The minimum absolute atomic E-state index is 1.08. The van der Waals surface area contributed by atoms with E-state index in [4.69, 9.17) is 0 Å². The number of piperazine rings is 1. The van der Waals surface area contributed by atoms with E-state index in [0.29, 0.717) is 0 Å². The van der Waals surface area contributed by atoms with Gasteiger partial charge in [0.05, 0.1) is 0 Å². The highest BCUT2D eigenvalue weighted by atomic mass is 32.1. The van der Waals surface area contributed by atoms with Gasteiger partial charge in [-0.1, -0.05) is 18.2 Å². The van der Waals surface area contributed by atoms with Gasteiger partial charge in [-0.15, -0.1) is 11.3 Å². The van der Waals surface area contributed by atoms with E-state index in [2.05, 4.69) is 54.4 Å². The zero-order chi connectivity index (χ0) is 13.2. The number of anilines is 1. The Kier molecular flexibility index (Phi) is 3.58. The lowest BCUT2D eigenvalue weighted by atomic mass is 10.1. The first-order chi connectivity index (χ1) is 9.25. The Morgan fingerprint density at radius 1 is 1.11 bits per heavy atom. The fourth-order valence-electron chi connectivity index (χ4n) is 2.76. The van der Waals surface area contributed by atoms with Crippen LogP contribution in [0.1, 0.15) is 10.4 Å². The predicted molar refractivity (Wildman–Crippen MR) is 84.3 cm³/mol. The topological polar surface area (TPSA) is 15.3 Å². The Morgan fingerprint density at radius 2 is 1.84 bits per heavy atom. The maximum Gasteiger partial charge on any atom is 0.0455 e. The van der Waals surface area contributed by atoms with E-state index in [-0.39, 0.29) is 0 Å². The van der Waals surface area contributed by atoms with E-state index in [0.717, 1.165) is 26.2 Å². The molecule has 1 aromatic carbocycles. The van der Waals surface area contributed by atoms with Gasteiger partial charge in [0.2, 0.25) is 0 Å². The lowest BCUT2D eigenvalue weighted by Gasteiger charge is -2.31. The third-order valence-corrected chi connectivity index (χ3v) is 4.83. The van der Waals surface area contributed by atoms with Gasteiger partial charge < -0.3 is 10.2 Å². The van der Waals surface area contributed by atoms with Crippen LogP contribution in [0.25, 0.3) is 10.4 Å². The van der Waals surface area contributed by atoms with E-state index in [1.807, 2.05) is 11.3 Å². The van der Waals surface area contributed by atoms with Crippen molar-refractivity contribution in [3.63, 3.8) is 0 Å². The average Bonchev–Trinajstić information content (AvgIpc) is 2.79. The van der Waals surface area contributed by atoms with Gasteiger partial charge in [-0.25, -0.2) is 0 Å². The molecule has 3 rings (SSSR count). The monoisotopic (exact) mass is 272 g/mol. The molecule has 1 aromatic heterocycles. The Balaban J connectivity index is 2.03. The van der Waals surface area contributed by atoms with Crippen LogP contribution in [0.3, 0.4) is 0 Å². The number of aryl methyl sites for hydroxylation is 2. The highest BCUT2D eigenvalue weighted by Crippen LogP contribution is 2.38. The van der Waals surface area contributed by atoms with Crippen molar-refractivity contribution in [3.8, 4) is 10.4 Å².